The largest absolute Gasteiger partial charge is 0.495 e. The van der Waals surface area contributed by atoms with Crippen LogP contribution in [0.1, 0.15) is 47.2 Å². The molecule has 212 valence electrons. The Bertz CT molecular complexity index is 1570. The molecule has 4 aromatic rings. The van der Waals surface area contributed by atoms with Gasteiger partial charge < -0.3 is 29.6 Å². The Labute approximate surface area is 246 Å². The molecule has 2 N–H and O–H groups in total. The summed E-state index contributed by atoms with van der Waals surface area (Å²) in [6.07, 6.45) is 2.74. The highest BCUT2D eigenvalue weighted by Gasteiger charge is 2.42. The fraction of sp³-hybridized carbons (Fsp3) is 0.281. The van der Waals surface area contributed by atoms with Crippen LogP contribution in [0.15, 0.2) is 72.9 Å². The molecule has 3 heterocycles. The van der Waals surface area contributed by atoms with Gasteiger partial charge in [-0.25, -0.2) is 0 Å². The quantitative estimate of drug-likeness (QED) is 0.246. The number of methoxy groups -OCH3 is 2. The molecule has 5 rings (SSSR count). The van der Waals surface area contributed by atoms with Gasteiger partial charge >= 0.3 is 0 Å². The molecule has 41 heavy (non-hydrogen) atoms. The summed E-state index contributed by atoms with van der Waals surface area (Å²) in [5.74, 6) is 0.273. The van der Waals surface area contributed by atoms with Gasteiger partial charge in [-0.3, -0.25) is 9.78 Å². The standard InChI is InChI=1S/C32H35N5O3S/c1-6-22-11-7-8-13-27(22)36-20(2)17-24(21(36)3)31-30(25-12-9-10-16-33-25)35-32(41)37(31)23-14-15-28(40-5)26(18-23)34-29(38)19-39-4/h7-18,30-31H,6,19H2,1-5H3,(H,34,38)(H,35,41)/t30-,31-/m0/s1. The first-order valence-corrected chi connectivity index (χ1v) is 14.0. The molecule has 1 saturated heterocycles. The molecular weight excluding hydrogens is 534 g/mol. The second kappa shape index (κ2) is 12.1. The van der Waals surface area contributed by atoms with Crippen LogP contribution < -0.4 is 20.3 Å². The summed E-state index contributed by atoms with van der Waals surface area (Å²) >= 11 is 5.97. The van der Waals surface area contributed by atoms with Crippen LogP contribution in [0.4, 0.5) is 11.4 Å². The van der Waals surface area contributed by atoms with E-state index in [-0.39, 0.29) is 24.6 Å². The third-order valence-corrected chi connectivity index (χ3v) is 7.83. The van der Waals surface area contributed by atoms with Gasteiger partial charge in [0.05, 0.1) is 30.6 Å². The van der Waals surface area contributed by atoms with Gasteiger partial charge in [-0.2, -0.15) is 0 Å². The molecule has 0 radical (unpaired) electrons. The normalized spacial score (nSPS) is 16.5. The van der Waals surface area contributed by atoms with E-state index in [1.54, 1.807) is 13.3 Å². The molecule has 8 nitrogen and oxygen atoms in total. The predicted molar refractivity (Wildman–Crippen MR) is 166 cm³/mol. The Kier molecular flexibility index (Phi) is 8.37. The van der Waals surface area contributed by atoms with Gasteiger partial charge in [0, 0.05) is 36.1 Å². The molecule has 1 aliphatic heterocycles. The number of amides is 1. The van der Waals surface area contributed by atoms with Crippen molar-refractivity contribution in [3.63, 3.8) is 0 Å². The van der Waals surface area contributed by atoms with E-state index >= 15 is 0 Å². The summed E-state index contributed by atoms with van der Waals surface area (Å²) < 4.78 is 12.9. The summed E-state index contributed by atoms with van der Waals surface area (Å²) in [7, 11) is 3.06. The highest BCUT2D eigenvalue weighted by molar-refractivity contribution is 7.80. The van der Waals surface area contributed by atoms with E-state index in [1.165, 1.54) is 18.4 Å². The molecule has 0 spiro atoms. The number of nitrogens with one attached hydrogen (secondary N) is 2. The van der Waals surface area contributed by atoms with Crippen molar-refractivity contribution in [3.8, 4) is 11.4 Å². The Hall–Kier alpha value is -4.21. The SMILES string of the molecule is CCc1ccccc1-n1c(C)cc([C@H]2[C@H](c3ccccn3)NC(=S)N2c2ccc(OC)c(NC(=O)COC)c2)c1C. The van der Waals surface area contributed by atoms with Crippen molar-refractivity contribution < 1.29 is 14.3 Å². The molecule has 0 bridgehead atoms. The minimum Gasteiger partial charge on any atom is -0.495 e. The van der Waals surface area contributed by atoms with Crippen molar-refractivity contribution in [1.29, 1.82) is 0 Å². The van der Waals surface area contributed by atoms with Gasteiger partial charge in [0.15, 0.2) is 5.11 Å². The summed E-state index contributed by atoms with van der Waals surface area (Å²) in [4.78, 5) is 19.2. The number of hydrogen-bond acceptors (Lipinski definition) is 5. The minimum absolute atomic E-state index is 0.0628. The van der Waals surface area contributed by atoms with Gasteiger partial charge in [-0.15, -0.1) is 0 Å². The van der Waals surface area contributed by atoms with Crippen molar-refractivity contribution in [1.82, 2.24) is 14.9 Å². The molecule has 0 saturated carbocycles. The number of para-hydroxylation sites is 1. The summed E-state index contributed by atoms with van der Waals surface area (Å²) in [5, 5.41) is 7.02. The number of nitrogens with zero attached hydrogens (tertiary/aromatic N) is 3. The van der Waals surface area contributed by atoms with Crippen LogP contribution in [-0.2, 0) is 16.0 Å². The number of pyridine rings is 1. The van der Waals surface area contributed by atoms with E-state index in [1.807, 2.05) is 36.4 Å². The van der Waals surface area contributed by atoms with E-state index in [4.69, 9.17) is 26.7 Å². The molecule has 2 atom stereocenters. The van der Waals surface area contributed by atoms with Gasteiger partial charge in [0.25, 0.3) is 0 Å². The maximum absolute atomic E-state index is 12.4. The maximum atomic E-state index is 12.4. The summed E-state index contributed by atoms with van der Waals surface area (Å²) in [5.41, 5.74) is 8.12. The number of hydrogen-bond donors (Lipinski definition) is 2. The molecular formula is C32H35N5O3S. The van der Waals surface area contributed by atoms with E-state index in [2.05, 4.69) is 71.2 Å². The first-order valence-electron chi connectivity index (χ1n) is 13.6. The molecule has 0 unspecified atom stereocenters. The maximum Gasteiger partial charge on any atom is 0.250 e. The van der Waals surface area contributed by atoms with Crippen LogP contribution >= 0.6 is 12.2 Å². The van der Waals surface area contributed by atoms with Crippen molar-refractivity contribution in [2.75, 3.05) is 31.0 Å². The average molecular weight is 570 g/mol. The minimum atomic E-state index is -0.272. The smallest absolute Gasteiger partial charge is 0.250 e. The fourth-order valence-electron chi connectivity index (χ4n) is 5.70. The van der Waals surface area contributed by atoms with Crippen molar-refractivity contribution in [3.05, 3.63) is 101 Å². The van der Waals surface area contributed by atoms with Crippen LogP contribution in [0.3, 0.4) is 0 Å². The zero-order valence-corrected chi connectivity index (χ0v) is 24.8. The van der Waals surface area contributed by atoms with Crippen LogP contribution in [0.25, 0.3) is 5.69 Å². The average Bonchev–Trinajstić information content (AvgIpc) is 3.48. The summed E-state index contributed by atoms with van der Waals surface area (Å²) in [6.45, 7) is 6.42. The number of carbonyl (C=O) groups is 1. The van der Waals surface area contributed by atoms with Gasteiger partial charge in [-0.05, 0) is 86.1 Å². The van der Waals surface area contributed by atoms with Gasteiger partial charge in [0.2, 0.25) is 5.91 Å². The van der Waals surface area contributed by atoms with E-state index in [0.717, 1.165) is 34.8 Å². The monoisotopic (exact) mass is 569 g/mol. The Balaban J connectivity index is 1.66. The molecule has 2 aromatic carbocycles. The predicted octanol–water partition coefficient (Wildman–Crippen LogP) is 5.82. The zero-order chi connectivity index (χ0) is 29.1. The number of thiocarbonyl (C=S) groups is 1. The molecule has 2 aromatic heterocycles. The number of carbonyl (C=O) groups excluding carboxylic acids is 1. The molecule has 1 amide bonds. The lowest BCUT2D eigenvalue weighted by Gasteiger charge is -2.29. The van der Waals surface area contributed by atoms with Crippen molar-refractivity contribution in [2.24, 2.45) is 0 Å². The number of aromatic nitrogens is 2. The summed E-state index contributed by atoms with van der Waals surface area (Å²) in [6, 6.07) is 22.0. The van der Waals surface area contributed by atoms with E-state index in [0.29, 0.717) is 16.5 Å². The third-order valence-electron chi connectivity index (χ3n) is 7.51. The van der Waals surface area contributed by atoms with Gasteiger partial charge in [0.1, 0.15) is 12.4 Å². The lowest BCUT2D eigenvalue weighted by atomic mass is 9.96. The lowest BCUT2D eigenvalue weighted by molar-refractivity contribution is -0.119. The van der Waals surface area contributed by atoms with Crippen LogP contribution in [0, 0.1) is 13.8 Å². The Morgan fingerprint density at radius 3 is 2.56 bits per heavy atom. The third kappa shape index (κ3) is 5.42. The molecule has 1 aliphatic rings. The molecule has 0 aliphatic carbocycles. The number of aryl methyl sites for hydroxylation is 2. The number of ether oxygens (including phenoxy) is 2. The van der Waals surface area contributed by atoms with Crippen LogP contribution in [0.2, 0.25) is 0 Å². The lowest BCUT2D eigenvalue weighted by Crippen LogP contribution is -2.29. The second-order valence-corrected chi connectivity index (χ2v) is 10.4. The number of benzene rings is 2. The second-order valence-electron chi connectivity index (χ2n) is 10.0. The molecule has 9 heteroatoms. The highest BCUT2D eigenvalue weighted by Crippen LogP contribution is 2.45. The molecule has 1 fully saturated rings. The van der Waals surface area contributed by atoms with E-state index in [9.17, 15) is 4.79 Å². The van der Waals surface area contributed by atoms with E-state index < -0.39 is 0 Å². The first-order chi connectivity index (χ1) is 19.9. The van der Waals surface area contributed by atoms with Crippen LogP contribution in [-0.4, -0.2) is 41.4 Å². The first kappa shape index (κ1) is 28.3. The Morgan fingerprint density at radius 2 is 1.85 bits per heavy atom. The Morgan fingerprint density at radius 1 is 1.07 bits per heavy atom. The highest BCUT2D eigenvalue weighted by atomic mass is 32.1. The zero-order valence-electron chi connectivity index (χ0n) is 24.0. The number of rotatable bonds is 9. The topological polar surface area (TPSA) is 80.7 Å². The fourth-order valence-corrected chi connectivity index (χ4v) is 6.04. The van der Waals surface area contributed by atoms with Crippen molar-refractivity contribution >= 4 is 34.6 Å². The number of anilines is 2. The van der Waals surface area contributed by atoms with Crippen LogP contribution in [0.5, 0.6) is 5.75 Å². The van der Waals surface area contributed by atoms with Gasteiger partial charge in [-0.1, -0.05) is 31.2 Å². The van der Waals surface area contributed by atoms with Crippen molar-refractivity contribution in [2.45, 2.75) is 39.3 Å².